The number of aliphatic imine (C=N–C) groups is 1. The van der Waals surface area contributed by atoms with Crippen LogP contribution >= 0.6 is 0 Å². The van der Waals surface area contributed by atoms with Crippen molar-refractivity contribution in [3.63, 3.8) is 0 Å². The molecule has 1 aromatic carbocycles. The minimum Gasteiger partial charge on any atom is -0.497 e. The average Bonchev–Trinajstić information content (AvgIpc) is 3.40. The first-order valence-electron chi connectivity index (χ1n) is 11.5. The molecule has 4 rings (SSSR count). The standard InChI is InChI=1S/C24H38N4O/c1-25-23(28-16-13-24(19-28)11-3-4-12-24)26-17-20-9-14-27(15-10-20)18-21-5-7-22(29-2)8-6-21/h5-8,20H,3-4,9-19H2,1-2H3,(H,25,26). The van der Waals surface area contributed by atoms with Gasteiger partial charge in [0.05, 0.1) is 7.11 Å². The zero-order valence-electron chi connectivity index (χ0n) is 18.3. The summed E-state index contributed by atoms with van der Waals surface area (Å²) < 4.78 is 5.26. The molecule has 1 N–H and O–H groups in total. The van der Waals surface area contributed by atoms with Gasteiger partial charge in [-0.2, -0.15) is 0 Å². The van der Waals surface area contributed by atoms with Crippen LogP contribution in [0.25, 0.3) is 0 Å². The molecular weight excluding hydrogens is 360 g/mol. The summed E-state index contributed by atoms with van der Waals surface area (Å²) in [5, 5.41) is 3.71. The Hall–Kier alpha value is -1.75. The third-order valence-electron chi connectivity index (χ3n) is 7.44. The molecule has 1 spiro atoms. The van der Waals surface area contributed by atoms with E-state index in [1.807, 2.05) is 7.05 Å². The number of piperidine rings is 1. The number of nitrogens with zero attached hydrogens (tertiary/aromatic N) is 3. The van der Waals surface area contributed by atoms with Crippen LogP contribution in [0, 0.1) is 11.3 Å². The summed E-state index contributed by atoms with van der Waals surface area (Å²) in [6, 6.07) is 8.49. The van der Waals surface area contributed by atoms with Crippen LogP contribution in [0.15, 0.2) is 29.3 Å². The van der Waals surface area contributed by atoms with Crippen molar-refractivity contribution in [1.29, 1.82) is 0 Å². The highest BCUT2D eigenvalue weighted by Crippen LogP contribution is 2.45. The van der Waals surface area contributed by atoms with Gasteiger partial charge in [-0.1, -0.05) is 25.0 Å². The fraction of sp³-hybridized carbons (Fsp3) is 0.708. The van der Waals surface area contributed by atoms with E-state index in [0.29, 0.717) is 5.41 Å². The molecule has 2 aliphatic heterocycles. The average molecular weight is 399 g/mol. The lowest BCUT2D eigenvalue weighted by atomic mass is 9.86. The lowest BCUT2D eigenvalue weighted by Gasteiger charge is -2.33. The Morgan fingerprint density at radius 3 is 2.48 bits per heavy atom. The first-order chi connectivity index (χ1) is 14.2. The minimum absolute atomic E-state index is 0.602. The van der Waals surface area contributed by atoms with E-state index in [1.165, 1.54) is 76.7 Å². The number of benzene rings is 1. The third kappa shape index (κ3) is 5.06. The molecule has 1 saturated carbocycles. The van der Waals surface area contributed by atoms with Crippen molar-refractivity contribution in [2.45, 2.75) is 51.5 Å². The van der Waals surface area contributed by atoms with Gasteiger partial charge in [-0.25, -0.2) is 0 Å². The fourth-order valence-electron chi connectivity index (χ4n) is 5.55. The molecule has 0 atom stereocenters. The van der Waals surface area contributed by atoms with E-state index in [1.54, 1.807) is 7.11 Å². The van der Waals surface area contributed by atoms with Gasteiger partial charge in [0.15, 0.2) is 5.96 Å². The van der Waals surface area contributed by atoms with Gasteiger partial charge in [-0.3, -0.25) is 9.89 Å². The second-order valence-corrected chi connectivity index (χ2v) is 9.37. The summed E-state index contributed by atoms with van der Waals surface area (Å²) >= 11 is 0. The minimum atomic E-state index is 0.602. The van der Waals surface area contributed by atoms with Crippen molar-refractivity contribution in [2.24, 2.45) is 16.3 Å². The van der Waals surface area contributed by atoms with Crippen LogP contribution in [-0.4, -0.2) is 62.6 Å². The van der Waals surface area contributed by atoms with Crippen LogP contribution in [0.5, 0.6) is 5.75 Å². The molecule has 0 unspecified atom stereocenters. The molecule has 29 heavy (non-hydrogen) atoms. The SMILES string of the molecule is CN=C(NCC1CCN(Cc2ccc(OC)cc2)CC1)N1CCC2(CCCC2)C1. The number of methoxy groups -OCH3 is 1. The Bertz CT molecular complexity index is 673. The fourth-order valence-corrected chi connectivity index (χ4v) is 5.55. The predicted molar refractivity (Wildman–Crippen MR) is 119 cm³/mol. The summed E-state index contributed by atoms with van der Waals surface area (Å²) in [4.78, 5) is 9.70. The van der Waals surface area contributed by atoms with E-state index in [9.17, 15) is 0 Å². The smallest absolute Gasteiger partial charge is 0.193 e. The highest BCUT2D eigenvalue weighted by molar-refractivity contribution is 5.80. The molecule has 0 radical (unpaired) electrons. The largest absolute Gasteiger partial charge is 0.497 e. The molecule has 160 valence electrons. The third-order valence-corrected chi connectivity index (χ3v) is 7.44. The van der Waals surface area contributed by atoms with Gasteiger partial charge in [0.2, 0.25) is 0 Å². The van der Waals surface area contributed by atoms with E-state index in [0.717, 1.165) is 30.7 Å². The van der Waals surface area contributed by atoms with Crippen LogP contribution in [0.3, 0.4) is 0 Å². The van der Waals surface area contributed by atoms with Crippen molar-refractivity contribution in [3.8, 4) is 5.75 Å². The molecule has 5 nitrogen and oxygen atoms in total. The molecule has 3 fully saturated rings. The van der Waals surface area contributed by atoms with Crippen molar-refractivity contribution < 1.29 is 4.74 Å². The summed E-state index contributed by atoms with van der Waals surface area (Å²) in [5.74, 6) is 2.82. The number of nitrogens with one attached hydrogen (secondary N) is 1. The van der Waals surface area contributed by atoms with Crippen LogP contribution < -0.4 is 10.1 Å². The van der Waals surface area contributed by atoms with Crippen molar-refractivity contribution in [3.05, 3.63) is 29.8 Å². The number of hydrogen-bond donors (Lipinski definition) is 1. The number of ether oxygens (including phenoxy) is 1. The van der Waals surface area contributed by atoms with Crippen LogP contribution in [0.1, 0.15) is 50.5 Å². The van der Waals surface area contributed by atoms with Gasteiger partial charge in [0.1, 0.15) is 5.75 Å². The van der Waals surface area contributed by atoms with Gasteiger partial charge in [0.25, 0.3) is 0 Å². The van der Waals surface area contributed by atoms with Crippen LogP contribution in [0.2, 0.25) is 0 Å². The summed E-state index contributed by atoms with van der Waals surface area (Å²) in [7, 11) is 3.67. The molecule has 1 aromatic rings. The lowest BCUT2D eigenvalue weighted by Crippen LogP contribution is -2.44. The number of hydrogen-bond acceptors (Lipinski definition) is 3. The number of guanidine groups is 1. The van der Waals surface area contributed by atoms with E-state index < -0.39 is 0 Å². The maximum absolute atomic E-state index is 5.26. The Morgan fingerprint density at radius 2 is 1.83 bits per heavy atom. The normalized spacial score (nSPS) is 23.1. The highest BCUT2D eigenvalue weighted by Gasteiger charge is 2.41. The van der Waals surface area contributed by atoms with Gasteiger partial charge >= 0.3 is 0 Å². The van der Waals surface area contributed by atoms with Gasteiger partial charge in [0, 0.05) is 33.2 Å². The monoisotopic (exact) mass is 398 g/mol. The molecule has 0 bridgehead atoms. The second kappa shape index (κ2) is 9.38. The maximum Gasteiger partial charge on any atom is 0.193 e. The Balaban J connectivity index is 1.19. The quantitative estimate of drug-likeness (QED) is 0.606. The Labute approximate surface area is 176 Å². The molecule has 3 aliphatic rings. The molecular formula is C24H38N4O. The van der Waals surface area contributed by atoms with Gasteiger partial charge in [-0.05, 0) is 74.2 Å². The van der Waals surface area contributed by atoms with E-state index in [4.69, 9.17) is 4.74 Å². The number of likely N-dealkylation sites (tertiary alicyclic amines) is 2. The number of rotatable bonds is 5. The van der Waals surface area contributed by atoms with E-state index in [-0.39, 0.29) is 0 Å². The van der Waals surface area contributed by atoms with Gasteiger partial charge in [-0.15, -0.1) is 0 Å². The molecule has 1 aliphatic carbocycles. The lowest BCUT2D eigenvalue weighted by molar-refractivity contribution is 0.177. The van der Waals surface area contributed by atoms with E-state index in [2.05, 4.69) is 44.4 Å². The molecule has 0 amide bonds. The molecule has 5 heteroatoms. The molecule has 2 heterocycles. The van der Waals surface area contributed by atoms with Crippen molar-refractivity contribution in [2.75, 3.05) is 46.9 Å². The first-order valence-corrected chi connectivity index (χ1v) is 11.5. The van der Waals surface area contributed by atoms with Crippen LogP contribution in [0.4, 0.5) is 0 Å². The first kappa shape index (κ1) is 20.5. The zero-order chi connectivity index (χ0) is 20.1. The Kier molecular flexibility index (Phi) is 6.63. The summed E-state index contributed by atoms with van der Waals surface area (Å²) in [6.07, 6.45) is 9.59. The maximum atomic E-state index is 5.26. The van der Waals surface area contributed by atoms with Crippen LogP contribution in [-0.2, 0) is 6.54 Å². The van der Waals surface area contributed by atoms with Gasteiger partial charge < -0.3 is 15.0 Å². The van der Waals surface area contributed by atoms with E-state index >= 15 is 0 Å². The highest BCUT2D eigenvalue weighted by atomic mass is 16.5. The molecule has 2 saturated heterocycles. The summed E-state index contributed by atoms with van der Waals surface area (Å²) in [6.45, 7) is 6.87. The van der Waals surface area contributed by atoms with Crippen molar-refractivity contribution in [1.82, 2.24) is 15.1 Å². The van der Waals surface area contributed by atoms with Crippen molar-refractivity contribution >= 4 is 5.96 Å². The second-order valence-electron chi connectivity index (χ2n) is 9.37. The Morgan fingerprint density at radius 1 is 1.10 bits per heavy atom. The predicted octanol–water partition coefficient (Wildman–Crippen LogP) is 3.75. The summed E-state index contributed by atoms with van der Waals surface area (Å²) in [5.41, 5.74) is 1.97. The molecule has 0 aromatic heterocycles. The zero-order valence-corrected chi connectivity index (χ0v) is 18.3. The topological polar surface area (TPSA) is 40.1 Å².